The Morgan fingerprint density at radius 1 is 1.27 bits per heavy atom. The van der Waals surface area contributed by atoms with Gasteiger partial charge in [0.25, 0.3) is 11.5 Å². The minimum Gasteiger partial charge on any atom is -0.480 e. The summed E-state index contributed by atoms with van der Waals surface area (Å²) < 4.78 is 2.18. The lowest BCUT2D eigenvalue weighted by atomic mass is 10.1. The number of benzene rings is 1. The number of thiazole rings is 1. The first-order valence-corrected chi connectivity index (χ1v) is 9.56. The van der Waals surface area contributed by atoms with Crippen LogP contribution >= 0.6 is 35.3 Å². The van der Waals surface area contributed by atoms with Crippen LogP contribution in [0.15, 0.2) is 29.1 Å². The second kappa shape index (κ2) is 7.18. The summed E-state index contributed by atoms with van der Waals surface area (Å²) in [5, 5.41) is 9.16. The number of carbonyl (C=O) groups is 2. The van der Waals surface area contributed by atoms with Gasteiger partial charge in [-0.2, -0.15) is 0 Å². The number of carbonyl (C=O) groups excluding carboxylic acids is 1. The molecule has 26 heavy (non-hydrogen) atoms. The highest BCUT2D eigenvalue weighted by Crippen LogP contribution is 2.29. The monoisotopic (exact) mass is 406 g/mol. The van der Waals surface area contributed by atoms with Crippen molar-refractivity contribution >= 4 is 62.5 Å². The lowest BCUT2D eigenvalue weighted by Crippen LogP contribution is -2.35. The van der Waals surface area contributed by atoms with E-state index in [1.165, 1.54) is 4.90 Å². The Hall–Kier alpha value is -2.23. The van der Waals surface area contributed by atoms with Crippen molar-refractivity contribution in [3.8, 4) is 0 Å². The van der Waals surface area contributed by atoms with Crippen LogP contribution in [-0.2, 0) is 16.1 Å². The Morgan fingerprint density at radius 2 is 1.92 bits per heavy atom. The molecule has 0 unspecified atom stereocenters. The predicted molar refractivity (Wildman–Crippen MR) is 107 cm³/mol. The Morgan fingerprint density at radius 3 is 2.46 bits per heavy atom. The molecule has 3 rings (SSSR count). The molecule has 0 bridgehead atoms. The average molecular weight is 407 g/mol. The van der Waals surface area contributed by atoms with E-state index < -0.39 is 18.1 Å². The Bertz CT molecular complexity index is 1100. The first-order chi connectivity index (χ1) is 12.3. The number of aryl methyl sites for hydroxylation is 1. The second-order valence-corrected chi connectivity index (χ2v) is 8.35. The Kier molecular flexibility index (Phi) is 5.12. The zero-order chi connectivity index (χ0) is 19.0. The van der Waals surface area contributed by atoms with E-state index in [0.29, 0.717) is 13.5 Å². The normalized spacial score (nSPS) is 17.3. The quantitative estimate of drug-likeness (QED) is 0.757. The van der Waals surface area contributed by atoms with Crippen molar-refractivity contribution in [1.82, 2.24) is 9.47 Å². The molecule has 1 aromatic heterocycles. The van der Waals surface area contributed by atoms with Gasteiger partial charge in [0.05, 0.1) is 4.53 Å². The van der Waals surface area contributed by atoms with Gasteiger partial charge >= 0.3 is 5.97 Å². The number of rotatable bonds is 3. The number of nitrogens with zero attached hydrogens (tertiary/aromatic N) is 2. The highest BCUT2D eigenvalue weighted by Gasteiger charge is 2.31. The first kappa shape index (κ1) is 18.6. The molecule has 1 fully saturated rings. The van der Waals surface area contributed by atoms with E-state index in [2.05, 4.69) is 0 Å². The lowest BCUT2D eigenvalue weighted by Gasteiger charge is -2.03. The van der Waals surface area contributed by atoms with Gasteiger partial charge in [-0.05, 0) is 18.6 Å². The van der Waals surface area contributed by atoms with Gasteiger partial charge in [0, 0.05) is 7.05 Å². The van der Waals surface area contributed by atoms with Crippen molar-refractivity contribution in [1.29, 1.82) is 0 Å². The molecule has 1 saturated heterocycles. The number of aliphatic carboxylic acids is 1. The summed E-state index contributed by atoms with van der Waals surface area (Å²) in [6, 6.07) is 7.60. The number of thioether (sulfide) groups is 1. The smallest absolute Gasteiger partial charge is 0.323 e. The molecule has 0 atom stereocenters. The first-order valence-electron chi connectivity index (χ1n) is 7.52. The maximum Gasteiger partial charge on any atom is 0.323 e. The minimum atomic E-state index is -1.15. The molecule has 0 spiro atoms. The van der Waals surface area contributed by atoms with Crippen molar-refractivity contribution in [3.05, 3.63) is 54.9 Å². The molecule has 6 nitrogen and oxygen atoms in total. The molecule has 1 aromatic carbocycles. The van der Waals surface area contributed by atoms with Crippen LogP contribution in [-0.4, -0.2) is 37.8 Å². The number of amides is 1. The van der Waals surface area contributed by atoms with Crippen molar-refractivity contribution in [3.63, 3.8) is 0 Å². The molecule has 0 saturated carbocycles. The maximum absolute atomic E-state index is 12.7. The third kappa shape index (κ3) is 3.50. The lowest BCUT2D eigenvalue weighted by molar-refractivity contribution is -0.137. The summed E-state index contributed by atoms with van der Waals surface area (Å²) in [6.07, 6.45) is 1.70. The molecule has 9 heteroatoms. The van der Waals surface area contributed by atoms with Gasteiger partial charge in [-0.25, -0.2) is 0 Å². The minimum absolute atomic E-state index is 0.282. The molecule has 134 valence electrons. The highest BCUT2D eigenvalue weighted by molar-refractivity contribution is 8.30. The zero-order valence-corrected chi connectivity index (χ0v) is 16.3. The Labute approximate surface area is 162 Å². The molecule has 2 aromatic rings. The summed E-state index contributed by atoms with van der Waals surface area (Å²) in [6.45, 7) is 1.45. The fourth-order valence-corrected chi connectivity index (χ4v) is 4.79. The van der Waals surface area contributed by atoms with Gasteiger partial charge in [-0.3, -0.25) is 23.9 Å². The Balaban J connectivity index is 2.27. The number of carboxylic acid groups (broad SMARTS) is 1. The van der Waals surface area contributed by atoms with E-state index in [1.807, 2.05) is 31.2 Å². The molecule has 1 amide bonds. The van der Waals surface area contributed by atoms with Crippen LogP contribution in [0.1, 0.15) is 11.1 Å². The van der Waals surface area contributed by atoms with E-state index in [9.17, 15) is 14.4 Å². The summed E-state index contributed by atoms with van der Waals surface area (Å²) in [7, 11) is 1.55. The predicted octanol–water partition coefficient (Wildman–Crippen LogP) is 0.730. The number of aromatic nitrogens is 1. The third-order valence-electron chi connectivity index (χ3n) is 3.73. The molecule has 0 radical (unpaired) electrons. The van der Waals surface area contributed by atoms with Crippen LogP contribution < -0.4 is 14.8 Å². The van der Waals surface area contributed by atoms with Crippen molar-refractivity contribution < 1.29 is 14.7 Å². The van der Waals surface area contributed by atoms with Crippen LogP contribution in [0.3, 0.4) is 0 Å². The zero-order valence-electron chi connectivity index (χ0n) is 13.9. The summed E-state index contributed by atoms with van der Waals surface area (Å²) >= 11 is 7.30. The van der Waals surface area contributed by atoms with Gasteiger partial charge < -0.3 is 5.11 Å². The number of thiocarbonyl (C=S) groups is 1. The van der Waals surface area contributed by atoms with Gasteiger partial charge in [0.1, 0.15) is 20.4 Å². The van der Waals surface area contributed by atoms with Crippen molar-refractivity contribution in [2.75, 3.05) is 7.05 Å². The number of carboxylic acids is 1. The topological polar surface area (TPSA) is 79.6 Å². The maximum atomic E-state index is 12.7. The molecule has 1 N–H and O–H groups in total. The summed E-state index contributed by atoms with van der Waals surface area (Å²) in [5.74, 6) is -1.48. The average Bonchev–Trinajstić information content (AvgIpc) is 3.02. The molecule has 1 aliphatic heterocycles. The largest absolute Gasteiger partial charge is 0.480 e. The van der Waals surface area contributed by atoms with Crippen LogP contribution in [0.5, 0.6) is 0 Å². The highest BCUT2D eigenvalue weighted by atomic mass is 32.2. The van der Waals surface area contributed by atoms with Gasteiger partial charge in [-0.1, -0.05) is 53.8 Å². The summed E-state index contributed by atoms with van der Waals surface area (Å²) in [4.78, 5) is 37.9. The van der Waals surface area contributed by atoms with E-state index in [0.717, 1.165) is 38.8 Å². The third-order valence-corrected chi connectivity index (χ3v) is 6.54. The standard InChI is InChI=1S/C17H14N2O4S3/c1-9-3-5-10(6-4-9)7-11-14(22)19(8-12(20)21)16(25-11)13-15(23)18(2)17(24)26-13/h3-7H,8H2,1-2H3,(H,20,21)/b11-7?,16-13+. The molecule has 1 aliphatic rings. The van der Waals surface area contributed by atoms with Gasteiger partial charge in [0.15, 0.2) is 0 Å². The van der Waals surface area contributed by atoms with Gasteiger partial charge in [-0.15, -0.1) is 11.3 Å². The number of hydrogen-bond donors (Lipinski definition) is 1. The van der Waals surface area contributed by atoms with E-state index >= 15 is 0 Å². The van der Waals surface area contributed by atoms with Crippen LogP contribution in [0.2, 0.25) is 0 Å². The van der Waals surface area contributed by atoms with Crippen LogP contribution in [0.4, 0.5) is 0 Å². The second-order valence-electron chi connectivity index (χ2n) is 5.67. The van der Waals surface area contributed by atoms with Crippen LogP contribution in [0.25, 0.3) is 11.0 Å². The molecule has 2 heterocycles. The fourth-order valence-electron chi connectivity index (χ4n) is 2.35. The van der Waals surface area contributed by atoms with E-state index in [-0.39, 0.29) is 10.8 Å². The van der Waals surface area contributed by atoms with E-state index in [1.54, 1.807) is 13.1 Å². The fraction of sp³-hybridized carbons (Fsp3) is 0.176. The van der Waals surface area contributed by atoms with Crippen molar-refractivity contribution in [2.24, 2.45) is 0 Å². The number of hydrogen-bond acceptors (Lipinski definition) is 6. The molecular weight excluding hydrogens is 392 g/mol. The SMILES string of the molecule is Cc1ccc(C=c2s/c(=C3/SC(=S)N(C)C3=O)n(CC(=O)O)c2=O)cc1. The molecule has 0 aliphatic carbocycles. The van der Waals surface area contributed by atoms with Crippen LogP contribution in [0, 0.1) is 6.92 Å². The van der Waals surface area contributed by atoms with E-state index in [4.69, 9.17) is 17.3 Å². The van der Waals surface area contributed by atoms with Crippen molar-refractivity contribution in [2.45, 2.75) is 13.5 Å². The summed E-state index contributed by atoms with van der Waals surface area (Å²) in [5.41, 5.74) is 1.48. The van der Waals surface area contributed by atoms with Gasteiger partial charge in [0.2, 0.25) is 0 Å². The molecular formula is C17H14N2O4S3.